The number of aryl methyl sites for hydroxylation is 1. The van der Waals surface area contributed by atoms with E-state index in [9.17, 15) is 4.79 Å². The third-order valence-electron chi connectivity index (χ3n) is 2.46. The Morgan fingerprint density at radius 3 is 2.82 bits per heavy atom. The van der Waals surface area contributed by atoms with E-state index in [0.717, 1.165) is 11.3 Å². The number of nitrogen functional groups attached to an aromatic ring is 1. The fraction of sp³-hybridized carbons (Fsp3) is 0.167. The highest BCUT2D eigenvalue weighted by Gasteiger charge is 2.07. The van der Waals surface area contributed by atoms with Crippen molar-refractivity contribution in [2.24, 2.45) is 0 Å². The van der Waals surface area contributed by atoms with Crippen LogP contribution in [0, 0.1) is 6.92 Å². The minimum Gasteiger partial charge on any atom is -0.398 e. The summed E-state index contributed by atoms with van der Waals surface area (Å²) in [6.07, 6.45) is 0. The number of anilines is 1. The van der Waals surface area contributed by atoms with Crippen molar-refractivity contribution in [3.63, 3.8) is 0 Å². The normalized spacial score (nSPS) is 10.5. The zero-order valence-corrected chi connectivity index (χ0v) is 10.1. The number of rotatable bonds is 2. The number of benzene rings is 1. The Hall–Kier alpha value is -1.81. The maximum atomic E-state index is 11.6. The quantitative estimate of drug-likeness (QED) is 0.826. The summed E-state index contributed by atoms with van der Waals surface area (Å²) in [7, 11) is 0. The summed E-state index contributed by atoms with van der Waals surface area (Å²) in [4.78, 5) is 11.6. The molecule has 0 radical (unpaired) electrons. The van der Waals surface area contributed by atoms with Crippen molar-refractivity contribution >= 4 is 17.3 Å². The molecular formula is C12H12ClN3O. The lowest BCUT2D eigenvalue weighted by molar-refractivity contribution is 0.629. The number of halogens is 1. The predicted molar refractivity (Wildman–Crippen MR) is 68.2 cm³/mol. The maximum Gasteiger partial charge on any atom is 0.267 e. The number of hydrogen-bond donors (Lipinski definition) is 1. The van der Waals surface area contributed by atoms with E-state index in [1.807, 2.05) is 6.92 Å². The molecule has 0 saturated heterocycles. The first-order valence-electron chi connectivity index (χ1n) is 5.15. The van der Waals surface area contributed by atoms with E-state index in [-0.39, 0.29) is 12.1 Å². The lowest BCUT2D eigenvalue weighted by Crippen LogP contribution is -2.23. The van der Waals surface area contributed by atoms with Gasteiger partial charge in [0.2, 0.25) is 0 Å². The van der Waals surface area contributed by atoms with Gasteiger partial charge in [0.05, 0.1) is 12.2 Å². The van der Waals surface area contributed by atoms with E-state index in [4.69, 9.17) is 17.3 Å². The molecule has 0 spiro atoms. The smallest absolute Gasteiger partial charge is 0.267 e. The van der Waals surface area contributed by atoms with Gasteiger partial charge >= 0.3 is 0 Å². The van der Waals surface area contributed by atoms with Crippen LogP contribution >= 0.6 is 11.6 Å². The van der Waals surface area contributed by atoms with Crippen LogP contribution < -0.4 is 11.3 Å². The summed E-state index contributed by atoms with van der Waals surface area (Å²) in [5.74, 6) is 0. The van der Waals surface area contributed by atoms with Crippen LogP contribution in [0.1, 0.15) is 11.3 Å². The maximum absolute atomic E-state index is 11.6. The van der Waals surface area contributed by atoms with Gasteiger partial charge in [-0.2, -0.15) is 5.10 Å². The van der Waals surface area contributed by atoms with Crippen LogP contribution in [0.2, 0.25) is 5.02 Å². The summed E-state index contributed by atoms with van der Waals surface area (Å²) in [6, 6.07) is 8.42. The Morgan fingerprint density at radius 1 is 1.35 bits per heavy atom. The average molecular weight is 250 g/mol. The zero-order valence-electron chi connectivity index (χ0n) is 9.35. The van der Waals surface area contributed by atoms with Gasteiger partial charge in [-0.15, -0.1) is 0 Å². The van der Waals surface area contributed by atoms with Gasteiger partial charge in [0.1, 0.15) is 0 Å². The van der Waals surface area contributed by atoms with Crippen LogP contribution in [0.25, 0.3) is 0 Å². The minimum absolute atomic E-state index is 0.171. The molecule has 2 N–H and O–H groups in total. The third-order valence-corrected chi connectivity index (χ3v) is 2.82. The molecule has 17 heavy (non-hydrogen) atoms. The molecule has 88 valence electrons. The molecule has 1 heterocycles. The van der Waals surface area contributed by atoms with Gasteiger partial charge in [-0.1, -0.05) is 17.7 Å². The Balaban J connectivity index is 2.45. The molecule has 0 atom stereocenters. The van der Waals surface area contributed by atoms with E-state index < -0.39 is 0 Å². The SMILES string of the molecule is Cc1ccc(=O)n(Cc2c(N)cccc2Cl)n1. The molecular weight excluding hydrogens is 238 g/mol. The van der Waals surface area contributed by atoms with Crippen LogP contribution in [-0.2, 0) is 6.54 Å². The van der Waals surface area contributed by atoms with Crippen molar-refractivity contribution in [3.05, 3.63) is 57.0 Å². The average Bonchev–Trinajstić information content (AvgIpc) is 2.28. The van der Waals surface area contributed by atoms with Crippen LogP contribution in [0.5, 0.6) is 0 Å². The van der Waals surface area contributed by atoms with E-state index in [0.29, 0.717) is 10.7 Å². The molecule has 0 bridgehead atoms. The van der Waals surface area contributed by atoms with Crippen LogP contribution in [0.15, 0.2) is 35.1 Å². The molecule has 0 fully saturated rings. The highest BCUT2D eigenvalue weighted by Crippen LogP contribution is 2.22. The molecule has 0 aliphatic carbocycles. The van der Waals surface area contributed by atoms with Gasteiger partial charge in [-0.25, -0.2) is 4.68 Å². The first-order chi connectivity index (χ1) is 8.08. The molecule has 0 unspecified atom stereocenters. The van der Waals surface area contributed by atoms with E-state index >= 15 is 0 Å². The largest absolute Gasteiger partial charge is 0.398 e. The van der Waals surface area contributed by atoms with E-state index in [1.54, 1.807) is 24.3 Å². The summed E-state index contributed by atoms with van der Waals surface area (Å²) < 4.78 is 1.35. The van der Waals surface area contributed by atoms with Gasteiger partial charge in [-0.3, -0.25) is 4.79 Å². The Labute approximate surface area is 104 Å². The second-order valence-electron chi connectivity index (χ2n) is 3.78. The van der Waals surface area contributed by atoms with Gasteiger partial charge in [0.25, 0.3) is 5.56 Å². The number of aromatic nitrogens is 2. The minimum atomic E-state index is -0.171. The molecule has 5 heteroatoms. The van der Waals surface area contributed by atoms with Gasteiger partial charge in [0.15, 0.2) is 0 Å². The molecule has 0 amide bonds. The molecule has 4 nitrogen and oxygen atoms in total. The van der Waals surface area contributed by atoms with Gasteiger partial charge < -0.3 is 5.73 Å². The monoisotopic (exact) mass is 249 g/mol. The Morgan fingerprint density at radius 2 is 2.12 bits per heavy atom. The second-order valence-corrected chi connectivity index (χ2v) is 4.19. The standard InChI is InChI=1S/C12H12ClN3O/c1-8-5-6-12(17)16(15-8)7-9-10(13)3-2-4-11(9)14/h2-6H,7,14H2,1H3. The lowest BCUT2D eigenvalue weighted by Gasteiger charge is -2.09. The summed E-state index contributed by atoms with van der Waals surface area (Å²) in [5.41, 5.74) is 7.71. The molecule has 1 aromatic heterocycles. The molecule has 0 aliphatic heterocycles. The third kappa shape index (κ3) is 2.47. The first kappa shape index (κ1) is 11.7. The predicted octanol–water partition coefficient (Wildman–Crippen LogP) is 1.84. The van der Waals surface area contributed by atoms with E-state index in [1.165, 1.54) is 10.7 Å². The molecule has 1 aromatic carbocycles. The summed E-state index contributed by atoms with van der Waals surface area (Å²) >= 11 is 6.05. The van der Waals surface area contributed by atoms with Crippen molar-refractivity contribution in [1.82, 2.24) is 9.78 Å². The molecule has 0 saturated carbocycles. The van der Waals surface area contributed by atoms with Crippen molar-refractivity contribution in [2.45, 2.75) is 13.5 Å². The Kier molecular flexibility index (Phi) is 3.15. The molecule has 2 rings (SSSR count). The van der Waals surface area contributed by atoms with Crippen molar-refractivity contribution in [1.29, 1.82) is 0 Å². The van der Waals surface area contributed by atoms with Crippen LogP contribution in [0.4, 0.5) is 5.69 Å². The number of hydrogen-bond acceptors (Lipinski definition) is 3. The lowest BCUT2D eigenvalue weighted by atomic mass is 10.2. The van der Waals surface area contributed by atoms with Crippen molar-refractivity contribution in [2.75, 3.05) is 5.73 Å². The van der Waals surface area contributed by atoms with Gasteiger partial charge in [-0.05, 0) is 25.1 Å². The highest BCUT2D eigenvalue weighted by molar-refractivity contribution is 6.31. The second kappa shape index (κ2) is 4.59. The summed E-state index contributed by atoms with van der Waals surface area (Å²) in [5, 5.41) is 4.68. The Bertz CT molecular complexity index is 587. The molecule has 2 aromatic rings. The van der Waals surface area contributed by atoms with Crippen LogP contribution in [0.3, 0.4) is 0 Å². The van der Waals surface area contributed by atoms with Crippen LogP contribution in [-0.4, -0.2) is 9.78 Å². The topological polar surface area (TPSA) is 60.9 Å². The fourth-order valence-electron chi connectivity index (χ4n) is 1.56. The van der Waals surface area contributed by atoms with E-state index in [2.05, 4.69) is 5.10 Å². The summed E-state index contributed by atoms with van der Waals surface area (Å²) in [6.45, 7) is 2.11. The van der Waals surface area contributed by atoms with Crippen molar-refractivity contribution < 1.29 is 0 Å². The molecule has 0 aliphatic rings. The number of nitrogens with zero attached hydrogens (tertiary/aromatic N) is 2. The highest BCUT2D eigenvalue weighted by atomic mass is 35.5. The zero-order chi connectivity index (χ0) is 12.4. The van der Waals surface area contributed by atoms with Crippen molar-refractivity contribution in [3.8, 4) is 0 Å². The van der Waals surface area contributed by atoms with Gasteiger partial charge in [0, 0.05) is 22.3 Å². The fourth-order valence-corrected chi connectivity index (χ4v) is 1.80. The number of nitrogens with two attached hydrogens (primary N) is 1. The first-order valence-corrected chi connectivity index (χ1v) is 5.53.